The Morgan fingerprint density at radius 3 is 2.76 bits per heavy atom. The van der Waals surface area contributed by atoms with Crippen molar-refractivity contribution in [3.8, 4) is 0 Å². The molecule has 1 aliphatic rings. The van der Waals surface area contributed by atoms with Gasteiger partial charge in [0.25, 0.3) is 0 Å². The third-order valence-electron chi connectivity index (χ3n) is 2.80. The van der Waals surface area contributed by atoms with E-state index in [0.717, 1.165) is 11.7 Å². The number of hydrogen-bond donors (Lipinski definition) is 3. The molecule has 1 aliphatic carbocycles. The summed E-state index contributed by atoms with van der Waals surface area (Å²) in [5.41, 5.74) is 2.54. The summed E-state index contributed by atoms with van der Waals surface area (Å²) in [4.78, 5) is 8.61. The quantitative estimate of drug-likeness (QED) is 0.508. The van der Waals surface area contributed by atoms with Crippen molar-refractivity contribution in [1.29, 1.82) is 0 Å². The summed E-state index contributed by atoms with van der Waals surface area (Å²) in [5.74, 6) is 8.14. The summed E-state index contributed by atoms with van der Waals surface area (Å²) < 4.78 is 5.29. The molecule has 94 valence electrons. The first-order chi connectivity index (χ1) is 8.22. The number of hydrogen-bond acceptors (Lipinski definition) is 6. The molecule has 0 amide bonds. The summed E-state index contributed by atoms with van der Waals surface area (Å²) in [5, 5.41) is 3.35. The predicted octanol–water partition coefficient (Wildman–Crippen LogP) is 1.12. The standard InChI is InChI=1S/C11H19N5O/c1-3-17-6-11-14-9(5-10(15-11)16-12)13-8-4-7(8)2/h5,7-8H,3-4,6,12H2,1-2H3,(H2,13,14,15,16). The van der Waals surface area contributed by atoms with E-state index in [4.69, 9.17) is 10.6 Å². The Kier molecular flexibility index (Phi) is 3.75. The zero-order valence-corrected chi connectivity index (χ0v) is 10.2. The number of anilines is 2. The van der Waals surface area contributed by atoms with E-state index in [0.29, 0.717) is 30.9 Å². The second-order valence-corrected chi connectivity index (χ2v) is 4.30. The lowest BCUT2D eigenvalue weighted by Crippen LogP contribution is -2.14. The SMILES string of the molecule is CCOCc1nc(NN)cc(NC2CC2C)n1. The highest BCUT2D eigenvalue weighted by atomic mass is 16.5. The fourth-order valence-corrected chi connectivity index (χ4v) is 1.62. The third kappa shape index (κ3) is 3.28. The minimum Gasteiger partial charge on any atom is -0.374 e. The van der Waals surface area contributed by atoms with E-state index in [-0.39, 0.29) is 0 Å². The Morgan fingerprint density at radius 2 is 2.18 bits per heavy atom. The van der Waals surface area contributed by atoms with E-state index in [1.807, 2.05) is 6.92 Å². The van der Waals surface area contributed by atoms with Crippen LogP contribution in [0.3, 0.4) is 0 Å². The number of nitrogen functional groups attached to an aromatic ring is 1. The van der Waals surface area contributed by atoms with E-state index in [1.165, 1.54) is 6.42 Å². The summed E-state index contributed by atoms with van der Waals surface area (Å²) in [6, 6.07) is 2.33. The molecule has 0 bridgehead atoms. The summed E-state index contributed by atoms with van der Waals surface area (Å²) in [6.45, 7) is 5.20. The second kappa shape index (κ2) is 5.29. The van der Waals surface area contributed by atoms with Crippen molar-refractivity contribution in [1.82, 2.24) is 9.97 Å². The zero-order valence-electron chi connectivity index (χ0n) is 10.2. The fraction of sp³-hybridized carbons (Fsp3) is 0.636. The van der Waals surface area contributed by atoms with Crippen molar-refractivity contribution in [2.24, 2.45) is 11.8 Å². The first kappa shape index (κ1) is 12.1. The van der Waals surface area contributed by atoms with Gasteiger partial charge in [0.2, 0.25) is 0 Å². The van der Waals surface area contributed by atoms with Crippen LogP contribution in [0.25, 0.3) is 0 Å². The number of nitrogens with two attached hydrogens (primary N) is 1. The molecule has 0 saturated heterocycles. The molecule has 0 aromatic carbocycles. The predicted molar refractivity (Wildman–Crippen MR) is 66.4 cm³/mol. The Labute approximate surface area is 101 Å². The summed E-state index contributed by atoms with van der Waals surface area (Å²) >= 11 is 0. The summed E-state index contributed by atoms with van der Waals surface area (Å²) in [6.07, 6.45) is 1.19. The van der Waals surface area contributed by atoms with Crippen molar-refractivity contribution in [2.45, 2.75) is 32.9 Å². The lowest BCUT2D eigenvalue weighted by molar-refractivity contribution is 0.128. The average Bonchev–Trinajstić information content (AvgIpc) is 3.01. The zero-order chi connectivity index (χ0) is 12.3. The number of nitrogens with one attached hydrogen (secondary N) is 2. The topological polar surface area (TPSA) is 85.1 Å². The number of rotatable bonds is 6. The number of hydrazine groups is 1. The Hall–Kier alpha value is -1.40. The van der Waals surface area contributed by atoms with E-state index in [2.05, 4.69) is 27.6 Å². The number of ether oxygens (including phenoxy) is 1. The number of nitrogens with zero attached hydrogens (tertiary/aromatic N) is 2. The van der Waals surface area contributed by atoms with Crippen LogP contribution in [-0.4, -0.2) is 22.6 Å². The number of aromatic nitrogens is 2. The van der Waals surface area contributed by atoms with Gasteiger partial charge in [-0.15, -0.1) is 0 Å². The molecule has 2 atom stereocenters. The first-order valence-corrected chi connectivity index (χ1v) is 5.91. The van der Waals surface area contributed by atoms with Crippen LogP contribution in [-0.2, 0) is 11.3 Å². The van der Waals surface area contributed by atoms with Crippen molar-refractivity contribution in [3.63, 3.8) is 0 Å². The van der Waals surface area contributed by atoms with Gasteiger partial charge in [0.15, 0.2) is 5.82 Å². The van der Waals surface area contributed by atoms with Gasteiger partial charge in [-0.3, -0.25) is 0 Å². The van der Waals surface area contributed by atoms with Gasteiger partial charge in [-0.05, 0) is 19.3 Å². The molecule has 1 aromatic heterocycles. The normalized spacial score (nSPS) is 22.3. The Balaban J connectivity index is 2.07. The fourth-order valence-electron chi connectivity index (χ4n) is 1.62. The van der Waals surface area contributed by atoms with E-state index in [9.17, 15) is 0 Å². The average molecular weight is 237 g/mol. The van der Waals surface area contributed by atoms with Crippen LogP contribution < -0.4 is 16.6 Å². The van der Waals surface area contributed by atoms with Gasteiger partial charge in [-0.25, -0.2) is 15.8 Å². The van der Waals surface area contributed by atoms with Gasteiger partial charge in [0, 0.05) is 18.7 Å². The highest BCUT2D eigenvalue weighted by Crippen LogP contribution is 2.32. The minimum absolute atomic E-state index is 0.404. The molecule has 1 heterocycles. The van der Waals surface area contributed by atoms with Crippen LogP contribution in [0.15, 0.2) is 6.07 Å². The van der Waals surface area contributed by atoms with Crippen LogP contribution in [0.4, 0.5) is 11.6 Å². The van der Waals surface area contributed by atoms with Crippen molar-refractivity contribution < 1.29 is 4.74 Å². The molecule has 1 fully saturated rings. The van der Waals surface area contributed by atoms with Gasteiger partial charge >= 0.3 is 0 Å². The van der Waals surface area contributed by atoms with Gasteiger partial charge < -0.3 is 15.5 Å². The molecule has 0 spiro atoms. The largest absolute Gasteiger partial charge is 0.374 e. The molecule has 1 saturated carbocycles. The third-order valence-corrected chi connectivity index (χ3v) is 2.80. The molecule has 0 aliphatic heterocycles. The Morgan fingerprint density at radius 1 is 1.47 bits per heavy atom. The smallest absolute Gasteiger partial charge is 0.158 e. The Bertz CT molecular complexity index is 384. The molecule has 2 unspecified atom stereocenters. The highest BCUT2D eigenvalue weighted by Gasteiger charge is 2.32. The van der Waals surface area contributed by atoms with Crippen molar-refractivity contribution in [3.05, 3.63) is 11.9 Å². The molecule has 2 rings (SSSR count). The minimum atomic E-state index is 0.404. The first-order valence-electron chi connectivity index (χ1n) is 5.91. The van der Waals surface area contributed by atoms with E-state index >= 15 is 0 Å². The van der Waals surface area contributed by atoms with Gasteiger partial charge in [-0.2, -0.15) is 0 Å². The van der Waals surface area contributed by atoms with Gasteiger partial charge in [-0.1, -0.05) is 6.92 Å². The van der Waals surface area contributed by atoms with E-state index in [1.54, 1.807) is 6.07 Å². The van der Waals surface area contributed by atoms with Crippen molar-refractivity contribution in [2.75, 3.05) is 17.3 Å². The molecule has 6 nitrogen and oxygen atoms in total. The lowest BCUT2D eigenvalue weighted by atomic mass is 10.4. The van der Waals surface area contributed by atoms with Crippen LogP contribution in [0.5, 0.6) is 0 Å². The highest BCUT2D eigenvalue weighted by molar-refractivity contribution is 5.48. The lowest BCUT2D eigenvalue weighted by Gasteiger charge is -2.09. The van der Waals surface area contributed by atoms with Gasteiger partial charge in [0.05, 0.1) is 0 Å². The molecular weight excluding hydrogens is 218 g/mol. The van der Waals surface area contributed by atoms with Crippen LogP contribution in [0, 0.1) is 5.92 Å². The second-order valence-electron chi connectivity index (χ2n) is 4.30. The van der Waals surface area contributed by atoms with Crippen molar-refractivity contribution >= 4 is 11.6 Å². The van der Waals surface area contributed by atoms with Gasteiger partial charge in [0.1, 0.15) is 18.2 Å². The molecule has 0 radical (unpaired) electrons. The monoisotopic (exact) mass is 237 g/mol. The molecule has 6 heteroatoms. The molecule has 4 N–H and O–H groups in total. The van der Waals surface area contributed by atoms with E-state index < -0.39 is 0 Å². The van der Waals surface area contributed by atoms with Crippen LogP contribution >= 0.6 is 0 Å². The molecular formula is C11H19N5O. The maximum absolute atomic E-state index is 5.38. The van der Waals surface area contributed by atoms with Crippen LogP contribution in [0.1, 0.15) is 26.1 Å². The molecule has 1 aromatic rings. The summed E-state index contributed by atoms with van der Waals surface area (Å²) in [7, 11) is 0. The maximum Gasteiger partial charge on any atom is 0.158 e. The van der Waals surface area contributed by atoms with Crippen LogP contribution in [0.2, 0.25) is 0 Å². The maximum atomic E-state index is 5.38. The molecule has 17 heavy (non-hydrogen) atoms.